The van der Waals surface area contributed by atoms with Gasteiger partial charge in [-0.2, -0.15) is 0 Å². The second kappa shape index (κ2) is 5.47. The zero-order valence-electron chi connectivity index (χ0n) is 9.56. The Hall–Kier alpha value is -1.13. The molecule has 3 nitrogen and oxygen atoms in total. The van der Waals surface area contributed by atoms with Gasteiger partial charge in [-0.15, -0.1) is 11.8 Å². The van der Waals surface area contributed by atoms with Gasteiger partial charge in [0.05, 0.1) is 0 Å². The second-order valence-electron chi connectivity index (χ2n) is 3.73. The molecule has 1 aromatic heterocycles. The Morgan fingerprint density at radius 3 is 2.94 bits per heavy atom. The van der Waals surface area contributed by atoms with E-state index in [4.69, 9.17) is 17.3 Å². The van der Waals surface area contributed by atoms with Crippen LogP contribution in [0.2, 0.25) is 5.02 Å². The number of imidazole rings is 1. The molecule has 17 heavy (non-hydrogen) atoms. The third kappa shape index (κ3) is 3.17. The summed E-state index contributed by atoms with van der Waals surface area (Å²) in [5.41, 5.74) is 6.62. The highest BCUT2D eigenvalue weighted by Crippen LogP contribution is 2.27. The van der Waals surface area contributed by atoms with E-state index in [9.17, 15) is 0 Å². The summed E-state index contributed by atoms with van der Waals surface area (Å²) in [6.45, 7) is 0. The molecule has 0 unspecified atom stereocenters. The Kier molecular flexibility index (Phi) is 3.97. The number of thioether (sulfide) groups is 1. The van der Waals surface area contributed by atoms with E-state index in [1.165, 1.54) is 0 Å². The van der Waals surface area contributed by atoms with E-state index < -0.39 is 0 Å². The molecule has 0 aliphatic rings. The number of halogens is 1. The predicted molar refractivity (Wildman–Crippen MR) is 73.5 cm³/mol. The fraction of sp³-hybridized carbons (Fsp3) is 0.250. The van der Waals surface area contributed by atoms with Gasteiger partial charge < -0.3 is 10.3 Å². The maximum Gasteiger partial charge on any atom is 0.109 e. The number of rotatable bonds is 4. The highest BCUT2D eigenvalue weighted by atomic mass is 35.5. The third-order valence-corrected chi connectivity index (χ3v) is 3.80. The summed E-state index contributed by atoms with van der Waals surface area (Å²) in [7, 11) is 2.00. The van der Waals surface area contributed by atoms with Gasteiger partial charge in [0, 0.05) is 47.2 Å². The number of aryl methyl sites for hydroxylation is 2. The van der Waals surface area contributed by atoms with Gasteiger partial charge in [-0.1, -0.05) is 11.6 Å². The third-order valence-electron chi connectivity index (χ3n) is 2.48. The number of nitrogens with two attached hydrogens (primary N) is 1. The van der Waals surface area contributed by atoms with E-state index in [2.05, 4.69) is 4.98 Å². The Bertz CT molecular complexity index is 510. The number of hydrogen-bond donors (Lipinski definition) is 1. The predicted octanol–water partition coefficient (Wildman–Crippen LogP) is 2.99. The van der Waals surface area contributed by atoms with Crippen LogP contribution >= 0.6 is 23.4 Å². The fourth-order valence-corrected chi connectivity index (χ4v) is 2.62. The molecule has 0 radical (unpaired) electrons. The van der Waals surface area contributed by atoms with Gasteiger partial charge in [-0.25, -0.2) is 4.98 Å². The molecule has 1 aromatic carbocycles. The van der Waals surface area contributed by atoms with Crippen molar-refractivity contribution in [1.82, 2.24) is 9.55 Å². The van der Waals surface area contributed by atoms with Gasteiger partial charge in [0.1, 0.15) is 5.82 Å². The van der Waals surface area contributed by atoms with Crippen molar-refractivity contribution in [2.24, 2.45) is 7.05 Å². The molecule has 2 aromatic rings. The normalized spacial score (nSPS) is 10.7. The average molecular weight is 268 g/mol. The van der Waals surface area contributed by atoms with Crippen molar-refractivity contribution < 1.29 is 0 Å². The number of anilines is 1. The summed E-state index contributed by atoms with van der Waals surface area (Å²) in [6, 6.07) is 5.60. The lowest BCUT2D eigenvalue weighted by atomic mass is 10.3. The molecule has 0 fully saturated rings. The highest BCUT2D eigenvalue weighted by molar-refractivity contribution is 7.99. The van der Waals surface area contributed by atoms with Gasteiger partial charge in [0.2, 0.25) is 0 Å². The van der Waals surface area contributed by atoms with Crippen LogP contribution in [0.5, 0.6) is 0 Å². The fourth-order valence-electron chi connectivity index (χ4n) is 1.54. The Morgan fingerprint density at radius 1 is 1.47 bits per heavy atom. The Morgan fingerprint density at radius 2 is 2.29 bits per heavy atom. The van der Waals surface area contributed by atoms with Crippen LogP contribution in [0.4, 0.5) is 5.69 Å². The van der Waals surface area contributed by atoms with E-state index >= 15 is 0 Å². The molecule has 1 heterocycles. The van der Waals surface area contributed by atoms with Crippen LogP contribution in [-0.4, -0.2) is 15.3 Å². The zero-order chi connectivity index (χ0) is 12.3. The van der Waals surface area contributed by atoms with Gasteiger partial charge in [0.25, 0.3) is 0 Å². The monoisotopic (exact) mass is 267 g/mol. The zero-order valence-corrected chi connectivity index (χ0v) is 11.1. The number of nitrogen functional groups attached to an aromatic ring is 1. The first-order chi connectivity index (χ1) is 8.16. The van der Waals surface area contributed by atoms with Crippen molar-refractivity contribution in [3.63, 3.8) is 0 Å². The van der Waals surface area contributed by atoms with Crippen LogP contribution < -0.4 is 5.73 Å². The largest absolute Gasteiger partial charge is 0.398 e. The van der Waals surface area contributed by atoms with E-state index in [1.807, 2.05) is 36.1 Å². The van der Waals surface area contributed by atoms with Crippen molar-refractivity contribution in [1.29, 1.82) is 0 Å². The molecule has 5 heteroatoms. The minimum Gasteiger partial charge on any atom is -0.398 e. The molecule has 0 atom stereocenters. The second-order valence-corrected chi connectivity index (χ2v) is 5.31. The first-order valence-electron chi connectivity index (χ1n) is 5.31. The van der Waals surface area contributed by atoms with Crippen LogP contribution in [-0.2, 0) is 13.5 Å². The van der Waals surface area contributed by atoms with Gasteiger partial charge in [-0.3, -0.25) is 0 Å². The minimum absolute atomic E-state index is 0.677. The van der Waals surface area contributed by atoms with Gasteiger partial charge >= 0.3 is 0 Å². The standard InChI is InChI=1S/C12H14ClN3S/c1-16-6-5-15-12(16)4-7-17-11-3-2-9(13)8-10(11)14/h2-3,5-6,8H,4,7,14H2,1H3. The van der Waals surface area contributed by atoms with Gasteiger partial charge in [0.15, 0.2) is 0 Å². The van der Waals surface area contributed by atoms with Crippen LogP contribution in [0.1, 0.15) is 5.82 Å². The smallest absolute Gasteiger partial charge is 0.109 e. The van der Waals surface area contributed by atoms with E-state index in [-0.39, 0.29) is 0 Å². The molecule has 0 bridgehead atoms. The average Bonchev–Trinajstić information content (AvgIpc) is 2.68. The first kappa shape index (κ1) is 12.3. The number of benzene rings is 1. The van der Waals surface area contributed by atoms with Crippen molar-refractivity contribution in [3.8, 4) is 0 Å². The lowest BCUT2D eigenvalue weighted by molar-refractivity contribution is 0.811. The quantitative estimate of drug-likeness (QED) is 0.684. The maximum atomic E-state index is 5.88. The number of nitrogens with zero attached hydrogens (tertiary/aromatic N) is 2. The summed E-state index contributed by atoms with van der Waals surface area (Å²) >= 11 is 7.58. The van der Waals surface area contributed by atoms with E-state index in [0.29, 0.717) is 5.02 Å². The Balaban J connectivity index is 1.92. The molecule has 0 spiro atoms. The van der Waals surface area contributed by atoms with Crippen molar-refractivity contribution in [2.75, 3.05) is 11.5 Å². The molecule has 0 aliphatic heterocycles. The molecule has 0 amide bonds. The van der Waals surface area contributed by atoms with Gasteiger partial charge in [-0.05, 0) is 18.2 Å². The summed E-state index contributed by atoms with van der Waals surface area (Å²) < 4.78 is 2.03. The molecule has 2 N–H and O–H groups in total. The van der Waals surface area contributed by atoms with Crippen molar-refractivity contribution >= 4 is 29.1 Å². The summed E-state index contributed by atoms with van der Waals surface area (Å²) in [5, 5.41) is 0.677. The molecule has 90 valence electrons. The molecule has 0 aliphatic carbocycles. The molecular formula is C12H14ClN3S. The van der Waals surface area contributed by atoms with Crippen LogP contribution in [0.3, 0.4) is 0 Å². The van der Waals surface area contributed by atoms with Crippen LogP contribution in [0.25, 0.3) is 0 Å². The lowest BCUT2D eigenvalue weighted by Gasteiger charge is -2.05. The SMILES string of the molecule is Cn1ccnc1CCSc1ccc(Cl)cc1N. The molecule has 2 rings (SSSR count). The van der Waals surface area contributed by atoms with Crippen LogP contribution in [0.15, 0.2) is 35.5 Å². The van der Waals surface area contributed by atoms with Crippen molar-refractivity contribution in [3.05, 3.63) is 41.4 Å². The number of hydrogen-bond acceptors (Lipinski definition) is 3. The van der Waals surface area contributed by atoms with E-state index in [1.54, 1.807) is 17.8 Å². The van der Waals surface area contributed by atoms with Crippen molar-refractivity contribution in [2.45, 2.75) is 11.3 Å². The lowest BCUT2D eigenvalue weighted by Crippen LogP contribution is -1.99. The summed E-state index contributed by atoms with van der Waals surface area (Å²) in [6.07, 6.45) is 4.70. The first-order valence-corrected chi connectivity index (χ1v) is 6.67. The molecular weight excluding hydrogens is 254 g/mol. The topological polar surface area (TPSA) is 43.8 Å². The Labute approximate surface area is 110 Å². The summed E-state index contributed by atoms with van der Waals surface area (Å²) in [4.78, 5) is 5.35. The number of aromatic nitrogens is 2. The van der Waals surface area contributed by atoms with Crippen LogP contribution in [0, 0.1) is 0 Å². The highest BCUT2D eigenvalue weighted by Gasteiger charge is 2.03. The summed E-state index contributed by atoms with van der Waals surface area (Å²) in [5.74, 6) is 2.04. The molecule has 0 saturated carbocycles. The van der Waals surface area contributed by atoms with E-state index in [0.717, 1.165) is 28.6 Å². The molecule has 0 saturated heterocycles. The maximum absolute atomic E-state index is 5.88. The minimum atomic E-state index is 0.677.